The van der Waals surface area contributed by atoms with Crippen LogP contribution in [0.15, 0.2) is 0 Å². The van der Waals surface area contributed by atoms with Crippen molar-refractivity contribution < 1.29 is 124 Å². The van der Waals surface area contributed by atoms with E-state index in [0.29, 0.717) is 0 Å². The average molecular weight is 641 g/mol. The predicted molar refractivity (Wildman–Crippen MR) is 101 cm³/mol. The number of ether oxygens (including phenoxy) is 5. The quantitative estimate of drug-likeness (QED) is 0.110. The standard InChI is InChI=1S/C18H32O16.2ClH.Zn/c19-1-5-8(22)11(25)13(27)16(31-5)30-3-7-9(23)12(26)14(28)17(32-7)34-18(4-21)15(29)10(24)6(2-20)33-18;;;/h5-17,19-29H,1-4H2;2*1H;/q;;;+2/p-2/t5-,6-,7-,8+,9-,10-,11+,12+,13-,14-,15+,16?,17?,18+;;;/m1.../s1. The van der Waals surface area contributed by atoms with Crippen LogP contribution in [0.5, 0.6) is 0 Å². The molecule has 0 aromatic rings. The van der Waals surface area contributed by atoms with Crippen molar-refractivity contribution in [2.75, 3.05) is 26.4 Å². The number of rotatable bonds is 8. The van der Waals surface area contributed by atoms with Gasteiger partial charge in [-0.3, -0.25) is 0 Å². The fourth-order valence-electron chi connectivity index (χ4n) is 4.01. The molecule has 0 radical (unpaired) electrons. The van der Waals surface area contributed by atoms with E-state index in [2.05, 4.69) is 0 Å². The van der Waals surface area contributed by atoms with Crippen LogP contribution >= 0.6 is 0 Å². The van der Waals surface area contributed by atoms with E-state index in [1.165, 1.54) is 0 Å². The summed E-state index contributed by atoms with van der Waals surface area (Å²) in [4.78, 5) is 0. The van der Waals surface area contributed by atoms with Crippen LogP contribution in [0.1, 0.15) is 0 Å². The number of hydrogen-bond donors (Lipinski definition) is 11. The molecule has 0 spiro atoms. The van der Waals surface area contributed by atoms with Crippen molar-refractivity contribution in [2.24, 2.45) is 0 Å². The van der Waals surface area contributed by atoms with Gasteiger partial charge in [-0.15, -0.1) is 0 Å². The summed E-state index contributed by atoms with van der Waals surface area (Å²) in [5, 5.41) is 109. The molecule has 0 saturated carbocycles. The van der Waals surface area contributed by atoms with Crippen LogP contribution in [-0.4, -0.2) is 168 Å². The zero-order chi connectivity index (χ0) is 25.4. The van der Waals surface area contributed by atoms with E-state index in [1.54, 1.807) is 0 Å². The molecule has 16 nitrogen and oxygen atoms in total. The Morgan fingerprint density at radius 2 is 1.08 bits per heavy atom. The minimum absolute atomic E-state index is 0. The van der Waals surface area contributed by atoms with Gasteiger partial charge in [0.1, 0.15) is 73.8 Å². The second-order valence-corrected chi connectivity index (χ2v) is 8.41. The van der Waals surface area contributed by atoms with Gasteiger partial charge in [-0.1, -0.05) is 0 Å². The van der Waals surface area contributed by atoms with Gasteiger partial charge < -0.3 is 105 Å². The fourth-order valence-corrected chi connectivity index (χ4v) is 4.01. The van der Waals surface area contributed by atoms with Gasteiger partial charge in [-0.2, -0.15) is 0 Å². The van der Waals surface area contributed by atoms with Crippen LogP contribution in [-0.2, 0) is 43.2 Å². The largest absolute Gasteiger partial charge is 2.00 e. The van der Waals surface area contributed by atoms with Crippen molar-refractivity contribution in [1.29, 1.82) is 0 Å². The summed E-state index contributed by atoms with van der Waals surface area (Å²) in [5.41, 5.74) is 0. The molecule has 3 rings (SSSR count). The minimum atomic E-state index is -2.36. The Morgan fingerprint density at radius 3 is 1.57 bits per heavy atom. The summed E-state index contributed by atoms with van der Waals surface area (Å²) >= 11 is 0. The number of halogens is 2. The fraction of sp³-hybridized carbons (Fsp3) is 1.00. The Balaban J connectivity index is 0.00000432. The van der Waals surface area contributed by atoms with E-state index in [9.17, 15) is 56.2 Å². The number of aliphatic hydroxyl groups excluding tert-OH is 11. The van der Waals surface area contributed by atoms with Crippen LogP contribution in [0.4, 0.5) is 0 Å². The van der Waals surface area contributed by atoms with E-state index in [-0.39, 0.29) is 44.3 Å². The summed E-state index contributed by atoms with van der Waals surface area (Å²) < 4.78 is 26.4. The molecule has 216 valence electrons. The molecule has 3 heterocycles. The Hall–Kier alpha value is 0.563. The predicted octanol–water partition coefficient (Wildman–Crippen LogP) is -13.6. The van der Waals surface area contributed by atoms with Crippen LogP contribution in [0, 0.1) is 0 Å². The van der Waals surface area contributed by atoms with E-state index < -0.39 is 112 Å². The van der Waals surface area contributed by atoms with Crippen molar-refractivity contribution in [3.8, 4) is 0 Å². The van der Waals surface area contributed by atoms with Crippen LogP contribution in [0.25, 0.3) is 0 Å². The molecule has 14 atom stereocenters. The molecule has 3 saturated heterocycles. The van der Waals surface area contributed by atoms with Crippen molar-refractivity contribution in [3.63, 3.8) is 0 Å². The second kappa shape index (κ2) is 15.5. The first-order chi connectivity index (χ1) is 16.0. The molecule has 0 amide bonds. The van der Waals surface area contributed by atoms with E-state index in [4.69, 9.17) is 23.7 Å². The minimum Gasteiger partial charge on any atom is -1.00 e. The Labute approximate surface area is 235 Å². The molecular formula is C18H32Cl2O16Zn. The molecule has 0 bridgehead atoms. The monoisotopic (exact) mass is 638 g/mol. The Bertz CT molecular complexity index is 671. The maximum absolute atomic E-state index is 10.3. The molecule has 37 heavy (non-hydrogen) atoms. The molecule has 3 fully saturated rings. The van der Waals surface area contributed by atoms with Crippen LogP contribution in [0.3, 0.4) is 0 Å². The number of aliphatic hydroxyl groups is 11. The van der Waals surface area contributed by atoms with Gasteiger partial charge >= 0.3 is 19.5 Å². The van der Waals surface area contributed by atoms with Gasteiger partial charge in [-0.05, 0) is 0 Å². The van der Waals surface area contributed by atoms with E-state index in [0.717, 1.165) is 0 Å². The number of hydrogen-bond acceptors (Lipinski definition) is 16. The second-order valence-electron chi connectivity index (χ2n) is 8.41. The first-order valence-electron chi connectivity index (χ1n) is 10.6. The van der Waals surface area contributed by atoms with Crippen molar-refractivity contribution >= 4 is 0 Å². The normalized spacial score (nSPS) is 47.9. The van der Waals surface area contributed by atoms with Gasteiger partial charge in [0.25, 0.3) is 0 Å². The topological polar surface area (TPSA) is 269 Å². The van der Waals surface area contributed by atoms with Crippen LogP contribution in [0.2, 0.25) is 0 Å². The molecule has 0 aliphatic carbocycles. The zero-order valence-electron chi connectivity index (χ0n) is 19.3. The third-order valence-corrected chi connectivity index (χ3v) is 6.16. The SMILES string of the molecule is OC[C@H]1OC(OC[C@H]2OC(O[C@]3(CO)O[C@H](CO)[C@@H](O)[C@@H]3O)[C@H](O)[C@@H](O)[C@@H]2O)[C@H](O)[C@@H](O)[C@H]1O.[Cl-].[Cl-].[Zn+2]. The third kappa shape index (κ3) is 7.45. The molecule has 2 unspecified atom stereocenters. The average Bonchev–Trinajstić information content (AvgIpc) is 3.08. The summed E-state index contributed by atoms with van der Waals surface area (Å²) in [5.74, 6) is -2.36. The Kier molecular flexibility index (Phi) is 15.8. The molecular weight excluding hydrogens is 608 g/mol. The summed E-state index contributed by atoms with van der Waals surface area (Å²) in [6, 6.07) is 0. The van der Waals surface area contributed by atoms with Crippen molar-refractivity contribution in [2.45, 2.75) is 85.5 Å². The maximum Gasteiger partial charge on any atom is 2.00 e. The summed E-state index contributed by atoms with van der Waals surface area (Å²) in [7, 11) is 0. The van der Waals surface area contributed by atoms with Gasteiger partial charge in [0, 0.05) is 0 Å². The molecule has 3 aliphatic rings. The molecule has 0 aromatic carbocycles. The van der Waals surface area contributed by atoms with Gasteiger partial charge in [-0.25, -0.2) is 0 Å². The van der Waals surface area contributed by atoms with Gasteiger partial charge in [0.15, 0.2) is 12.6 Å². The van der Waals surface area contributed by atoms with Crippen LogP contribution < -0.4 is 24.8 Å². The van der Waals surface area contributed by atoms with Gasteiger partial charge in [0.05, 0.1) is 19.8 Å². The third-order valence-electron chi connectivity index (χ3n) is 6.16. The summed E-state index contributed by atoms with van der Waals surface area (Å²) in [6.45, 7) is -3.14. The molecule has 19 heteroatoms. The molecule has 3 aliphatic heterocycles. The van der Waals surface area contributed by atoms with Crippen molar-refractivity contribution in [3.05, 3.63) is 0 Å². The first-order valence-corrected chi connectivity index (χ1v) is 10.6. The first kappa shape index (κ1) is 37.6. The van der Waals surface area contributed by atoms with E-state index in [1.807, 2.05) is 0 Å². The maximum atomic E-state index is 10.3. The molecule has 11 N–H and O–H groups in total. The summed E-state index contributed by atoms with van der Waals surface area (Å²) in [6.07, 6.45) is -21.8. The smallest absolute Gasteiger partial charge is 1.00 e. The van der Waals surface area contributed by atoms with Crippen molar-refractivity contribution in [1.82, 2.24) is 0 Å². The van der Waals surface area contributed by atoms with Gasteiger partial charge in [0.2, 0.25) is 5.79 Å². The Morgan fingerprint density at radius 1 is 0.595 bits per heavy atom. The molecule has 0 aromatic heterocycles. The van der Waals surface area contributed by atoms with E-state index >= 15 is 0 Å². The zero-order valence-corrected chi connectivity index (χ0v) is 23.7.